The minimum absolute atomic E-state index is 0.642. The van der Waals surface area contributed by atoms with Crippen LogP contribution in [0.5, 0.6) is 0 Å². The molecule has 0 saturated carbocycles. The van der Waals surface area contributed by atoms with Crippen LogP contribution in [0, 0.1) is 104 Å². The third kappa shape index (κ3) is 15.9. The Hall–Kier alpha value is -3.90. The molecule has 0 unspecified atom stereocenters. The third-order valence-corrected chi connectivity index (χ3v) is 12.6. The van der Waals surface area contributed by atoms with Crippen molar-refractivity contribution in [2.45, 2.75) is 203 Å². The lowest BCUT2D eigenvalue weighted by molar-refractivity contribution is 0.843. The zero-order valence-electron chi connectivity index (χ0n) is 43.7. The first-order valence-corrected chi connectivity index (χ1v) is 23.0. The number of hydrogen-bond acceptors (Lipinski definition) is 0. The topological polar surface area (TPSA) is 0 Å². The van der Waals surface area contributed by atoms with E-state index in [1.807, 2.05) is 0 Å². The molecule has 0 bridgehead atoms. The summed E-state index contributed by atoms with van der Waals surface area (Å²) < 4.78 is 0. The average Bonchev–Trinajstić information content (AvgIpc) is 3.12. The van der Waals surface area contributed by atoms with Gasteiger partial charge in [0.05, 0.1) is 0 Å². The van der Waals surface area contributed by atoms with Gasteiger partial charge in [-0.15, -0.1) is 0 Å². The van der Waals surface area contributed by atoms with E-state index < -0.39 is 0 Å². The van der Waals surface area contributed by atoms with E-state index in [0.29, 0.717) is 29.6 Å². The van der Waals surface area contributed by atoms with Crippen molar-refractivity contribution < 1.29 is 0 Å². The molecule has 0 aliphatic rings. The average molecular weight is 811 g/mol. The fourth-order valence-corrected chi connectivity index (χ4v) is 8.84. The van der Waals surface area contributed by atoms with Gasteiger partial charge in [0.2, 0.25) is 0 Å². The number of rotatable bonds is 5. The highest BCUT2D eigenvalue weighted by molar-refractivity contribution is 5.43. The van der Waals surface area contributed by atoms with Gasteiger partial charge < -0.3 is 0 Å². The lowest BCUT2D eigenvalue weighted by Crippen LogP contribution is -1.97. The van der Waals surface area contributed by atoms with Crippen molar-refractivity contribution >= 4 is 0 Å². The van der Waals surface area contributed by atoms with Gasteiger partial charge in [-0.05, 0) is 234 Å². The Kier molecular flexibility index (Phi) is 22.1. The summed E-state index contributed by atoms with van der Waals surface area (Å²) in [5.41, 5.74) is 28.8. The van der Waals surface area contributed by atoms with Crippen LogP contribution >= 0.6 is 0 Å². The molecule has 0 aliphatic heterocycles. The first kappa shape index (κ1) is 54.1. The molecule has 0 aliphatic carbocycles. The minimum atomic E-state index is 0.642. The van der Waals surface area contributed by atoms with Crippen LogP contribution < -0.4 is 0 Å². The van der Waals surface area contributed by atoms with E-state index in [0.717, 1.165) is 0 Å². The molecule has 0 nitrogen and oxygen atoms in total. The number of aryl methyl sites for hydroxylation is 11. The summed E-state index contributed by atoms with van der Waals surface area (Å²) in [5.74, 6) is 3.22. The Morgan fingerprint density at radius 2 is 0.633 bits per heavy atom. The lowest BCUT2D eigenvalue weighted by atomic mass is 9.91. The molecule has 5 aromatic rings. The highest BCUT2D eigenvalue weighted by Gasteiger charge is 2.10. The molecular formula is C60H90. The first-order valence-electron chi connectivity index (χ1n) is 23.0. The lowest BCUT2D eigenvalue weighted by Gasteiger charge is -2.15. The van der Waals surface area contributed by atoms with Gasteiger partial charge in [-0.2, -0.15) is 0 Å². The Balaban J connectivity index is 0.000000375. The van der Waals surface area contributed by atoms with Crippen molar-refractivity contribution in [2.75, 3.05) is 0 Å². The molecule has 5 rings (SSSR count). The van der Waals surface area contributed by atoms with E-state index in [-0.39, 0.29) is 0 Å². The molecule has 0 aromatic heterocycles. The Morgan fingerprint density at radius 1 is 0.233 bits per heavy atom. The molecule has 0 amide bonds. The summed E-state index contributed by atoms with van der Waals surface area (Å²) in [6, 6.07) is 22.6. The predicted octanol–water partition coefficient (Wildman–Crippen LogP) is 18.7. The molecule has 0 radical (unpaired) electrons. The Morgan fingerprint density at radius 3 is 1.08 bits per heavy atom. The molecule has 0 atom stereocenters. The first-order chi connectivity index (χ1) is 27.6. The van der Waals surface area contributed by atoms with Gasteiger partial charge in [0.25, 0.3) is 0 Å². The van der Waals surface area contributed by atoms with Crippen LogP contribution in [0.3, 0.4) is 0 Å². The van der Waals surface area contributed by atoms with Crippen molar-refractivity contribution in [1.29, 1.82) is 0 Å². The molecule has 0 fully saturated rings. The smallest absolute Gasteiger partial charge is 0.0213 e. The Bertz CT molecular complexity index is 2100. The third-order valence-electron chi connectivity index (χ3n) is 12.6. The summed E-state index contributed by atoms with van der Waals surface area (Å²) in [5, 5.41) is 0. The van der Waals surface area contributed by atoms with Crippen molar-refractivity contribution in [1.82, 2.24) is 0 Å². The van der Waals surface area contributed by atoms with Gasteiger partial charge in [0, 0.05) is 0 Å². The SMILES string of the molecule is Cc1cc(C)c(C(C)C)c(C)c1.Cc1cc(C)c(C(C)C)cc1C.Cc1cc(C)c(C)c(C(C)C)c1.Cc1ccc(C(C)C)c(C)c1C.Cc1ccc(C)c(C(C)C)c1C. The van der Waals surface area contributed by atoms with E-state index in [2.05, 4.69) is 234 Å². The van der Waals surface area contributed by atoms with Crippen LogP contribution in [0.15, 0.2) is 60.7 Å². The van der Waals surface area contributed by atoms with Crippen LogP contribution in [0.1, 0.15) is 210 Å². The van der Waals surface area contributed by atoms with Crippen LogP contribution in [0.25, 0.3) is 0 Å². The maximum Gasteiger partial charge on any atom is -0.0213 e. The van der Waals surface area contributed by atoms with Gasteiger partial charge in [-0.3, -0.25) is 0 Å². The maximum absolute atomic E-state index is 2.31. The predicted molar refractivity (Wildman–Crippen MR) is 274 cm³/mol. The van der Waals surface area contributed by atoms with Crippen LogP contribution in [-0.2, 0) is 0 Å². The zero-order chi connectivity index (χ0) is 46.5. The molecule has 0 heteroatoms. The van der Waals surface area contributed by atoms with Crippen LogP contribution in [0.4, 0.5) is 0 Å². The molecule has 0 N–H and O–H groups in total. The second-order valence-electron chi connectivity index (χ2n) is 19.6. The highest BCUT2D eigenvalue weighted by atomic mass is 14.2. The largest absolute Gasteiger partial charge is 0.0588 e. The fourth-order valence-electron chi connectivity index (χ4n) is 8.84. The van der Waals surface area contributed by atoms with E-state index in [9.17, 15) is 0 Å². The van der Waals surface area contributed by atoms with Crippen molar-refractivity contribution in [3.05, 3.63) is 172 Å². The fraction of sp³-hybridized carbons (Fsp3) is 0.500. The van der Waals surface area contributed by atoms with Gasteiger partial charge in [-0.25, -0.2) is 0 Å². The second-order valence-corrected chi connectivity index (χ2v) is 19.6. The van der Waals surface area contributed by atoms with E-state index in [1.54, 1.807) is 0 Å². The van der Waals surface area contributed by atoms with Crippen molar-refractivity contribution in [3.8, 4) is 0 Å². The number of hydrogen-bond donors (Lipinski definition) is 0. The normalized spacial score (nSPS) is 10.8. The summed E-state index contributed by atoms with van der Waals surface area (Å²) in [6.45, 7) is 55.4. The zero-order valence-corrected chi connectivity index (χ0v) is 43.7. The van der Waals surface area contributed by atoms with E-state index >= 15 is 0 Å². The molecule has 60 heavy (non-hydrogen) atoms. The highest BCUT2D eigenvalue weighted by Crippen LogP contribution is 2.27. The van der Waals surface area contributed by atoms with Crippen LogP contribution in [0.2, 0.25) is 0 Å². The van der Waals surface area contributed by atoms with E-state index in [1.165, 1.54) is 111 Å². The van der Waals surface area contributed by atoms with Crippen molar-refractivity contribution in [2.24, 2.45) is 0 Å². The second kappa shape index (κ2) is 24.5. The number of benzene rings is 5. The van der Waals surface area contributed by atoms with Gasteiger partial charge in [0.15, 0.2) is 0 Å². The monoisotopic (exact) mass is 811 g/mol. The van der Waals surface area contributed by atoms with E-state index in [4.69, 9.17) is 0 Å². The molecule has 0 spiro atoms. The Labute approximate surface area is 373 Å². The molecule has 0 heterocycles. The minimum Gasteiger partial charge on any atom is -0.0588 e. The molecule has 0 saturated heterocycles. The quantitative estimate of drug-likeness (QED) is 0.166. The van der Waals surface area contributed by atoms with Gasteiger partial charge >= 0.3 is 0 Å². The maximum atomic E-state index is 2.31. The van der Waals surface area contributed by atoms with Crippen molar-refractivity contribution in [3.63, 3.8) is 0 Å². The summed E-state index contributed by atoms with van der Waals surface area (Å²) >= 11 is 0. The molecule has 5 aromatic carbocycles. The summed E-state index contributed by atoms with van der Waals surface area (Å²) in [7, 11) is 0. The van der Waals surface area contributed by atoms with Gasteiger partial charge in [0.1, 0.15) is 0 Å². The van der Waals surface area contributed by atoms with Gasteiger partial charge in [-0.1, -0.05) is 141 Å². The summed E-state index contributed by atoms with van der Waals surface area (Å²) in [6.07, 6.45) is 0. The van der Waals surface area contributed by atoms with Crippen LogP contribution in [-0.4, -0.2) is 0 Å². The summed E-state index contributed by atoms with van der Waals surface area (Å²) in [4.78, 5) is 0. The molecule has 330 valence electrons. The molecular weight excluding hydrogens is 721 g/mol. The standard InChI is InChI=1S/5C12H18/c1-8(2)12-7-10(4)9(3)6-11(12)5;1-8(2)12-7-9(3)6-10(4)11(12)5;1-8(2)12-10(4)6-9(3)7-11(12)5;1-8(2)12-7-6-9(3)10(4)11(12)5;1-8(2)12-10(4)7-6-9(3)11(12)5/h5*6-8H,1-5H3.